The van der Waals surface area contributed by atoms with E-state index in [2.05, 4.69) is 18.7 Å². The van der Waals surface area contributed by atoms with Crippen LogP contribution in [0.25, 0.3) is 10.2 Å². The number of ether oxygens (including phenoxy) is 2. The third kappa shape index (κ3) is 4.38. The third-order valence-electron chi connectivity index (χ3n) is 5.22. The van der Waals surface area contributed by atoms with Crippen LogP contribution in [0, 0.1) is 0 Å². The first-order valence-corrected chi connectivity index (χ1v) is 11.2. The van der Waals surface area contributed by atoms with Gasteiger partial charge in [-0.15, -0.1) is 0 Å². The maximum atomic E-state index is 13.3. The second-order valence-electron chi connectivity index (χ2n) is 7.02. The molecule has 3 aromatic rings. The van der Waals surface area contributed by atoms with Crippen LogP contribution in [0.4, 0.5) is 5.13 Å². The summed E-state index contributed by atoms with van der Waals surface area (Å²) in [6, 6.07) is 11.3. The number of para-hydroxylation sites is 1. The van der Waals surface area contributed by atoms with E-state index in [0.29, 0.717) is 28.2 Å². The van der Waals surface area contributed by atoms with Gasteiger partial charge in [-0.2, -0.15) is 0 Å². The summed E-state index contributed by atoms with van der Waals surface area (Å²) in [6.07, 6.45) is 0.262. The second kappa shape index (κ2) is 9.20. The Morgan fingerprint density at radius 1 is 1.13 bits per heavy atom. The van der Waals surface area contributed by atoms with Gasteiger partial charge < -0.3 is 14.4 Å². The molecular weight excluding hydrogens is 422 g/mol. The number of carbonyl (C=O) groups is 1. The van der Waals surface area contributed by atoms with Crippen molar-refractivity contribution in [2.75, 3.05) is 37.9 Å². The Hall–Kier alpha value is -2.35. The number of aromatic nitrogens is 1. The summed E-state index contributed by atoms with van der Waals surface area (Å²) < 4.78 is 11.8. The number of halogens is 1. The molecule has 2 heterocycles. The minimum atomic E-state index is -0.00352. The highest BCUT2D eigenvalue weighted by Crippen LogP contribution is 2.34. The summed E-state index contributed by atoms with van der Waals surface area (Å²) in [4.78, 5) is 22.1. The molecule has 1 aliphatic heterocycles. The summed E-state index contributed by atoms with van der Waals surface area (Å²) in [5.74, 6) is 1.39. The number of rotatable bonds is 8. The molecule has 30 heavy (non-hydrogen) atoms. The van der Waals surface area contributed by atoms with Crippen molar-refractivity contribution in [2.24, 2.45) is 0 Å². The highest BCUT2D eigenvalue weighted by molar-refractivity contribution is 7.22. The van der Waals surface area contributed by atoms with Gasteiger partial charge in [0.25, 0.3) is 0 Å². The lowest BCUT2D eigenvalue weighted by Crippen LogP contribution is -2.39. The minimum absolute atomic E-state index is 0.00352. The number of hydrogen-bond donors (Lipinski definition) is 0. The normalized spacial score (nSPS) is 12.7. The van der Waals surface area contributed by atoms with Crippen LogP contribution in [-0.2, 0) is 11.2 Å². The van der Waals surface area contributed by atoms with E-state index in [1.807, 2.05) is 36.4 Å². The quantitative estimate of drug-likeness (QED) is 0.507. The first-order valence-electron chi connectivity index (χ1n) is 10.0. The van der Waals surface area contributed by atoms with Gasteiger partial charge in [0.2, 0.25) is 12.7 Å². The average Bonchev–Trinajstić information content (AvgIpc) is 3.38. The molecule has 4 rings (SSSR count). The Kier molecular flexibility index (Phi) is 6.41. The number of amides is 1. The van der Waals surface area contributed by atoms with Crippen molar-refractivity contribution in [3.05, 3.63) is 47.0 Å². The fourth-order valence-corrected chi connectivity index (χ4v) is 4.76. The van der Waals surface area contributed by atoms with E-state index in [9.17, 15) is 4.79 Å². The van der Waals surface area contributed by atoms with E-state index < -0.39 is 0 Å². The maximum Gasteiger partial charge on any atom is 0.233 e. The number of hydrogen-bond acceptors (Lipinski definition) is 6. The Morgan fingerprint density at radius 3 is 2.70 bits per heavy atom. The topological polar surface area (TPSA) is 54.9 Å². The van der Waals surface area contributed by atoms with Crippen LogP contribution >= 0.6 is 22.9 Å². The van der Waals surface area contributed by atoms with Crippen LogP contribution in [0.2, 0.25) is 5.02 Å². The van der Waals surface area contributed by atoms with Crippen LogP contribution < -0.4 is 14.4 Å². The van der Waals surface area contributed by atoms with Gasteiger partial charge in [-0.25, -0.2) is 4.98 Å². The SMILES string of the molecule is CCN(CC)CCN(C(=O)Cc1ccc2c(c1)OCO2)c1nc2c(Cl)cccc2s1. The standard InChI is InChI=1S/C22H24ClN3O3S/c1-3-25(4-2)10-11-26(22-24-21-16(23)6-5-7-19(21)30-22)20(27)13-15-8-9-17-18(12-15)29-14-28-17/h5-9,12H,3-4,10-11,13-14H2,1-2H3. The van der Waals surface area contributed by atoms with Crippen molar-refractivity contribution in [1.82, 2.24) is 9.88 Å². The number of benzene rings is 2. The van der Waals surface area contributed by atoms with Crippen LogP contribution in [-0.4, -0.2) is 48.8 Å². The van der Waals surface area contributed by atoms with Gasteiger partial charge in [0.15, 0.2) is 16.6 Å². The molecule has 158 valence electrons. The van der Waals surface area contributed by atoms with E-state index in [0.717, 1.165) is 35.4 Å². The van der Waals surface area contributed by atoms with Crippen LogP contribution in [0.3, 0.4) is 0 Å². The fourth-order valence-electron chi connectivity index (χ4n) is 3.45. The number of likely N-dealkylation sites (N-methyl/N-ethyl adjacent to an activating group) is 1. The van der Waals surface area contributed by atoms with Gasteiger partial charge in [0.1, 0.15) is 5.52 Å². The molecule has 0 fully saturated rings. The number of nitrogens with zero attached hydrogens (tertiary/aromatic N) is 3. The largest absolute Gasteiger partial charge is 0.454 e. The maximum absolute atomic E-state index is 13.3. The molecule has 1 amide bonds. The Morgan fingerprint density at radius 2 is 1.93 bits per heavy atom. The molecule has 8 heteroatoms. The molecule has 0 saturated carbocycles. The predicted octanol–water partition coefficient (Wildman–Crippen LogP) is 4.60. The summed E-state index contributed by atoms with van der Waals surface area (Å²) in [6.45, 7) is 7.69. The lowest BCUT2D eigenvalue weighted by Gasteiger charge is -2.24. The molecule has 6 nitrogen and oxygen atoms in total. The van der Waals surface area contributed by atoms with E-state index in [1.54, 1.807) is 4.90 Å². The van der Waals surface area contributed by atoms with Crippen molar-refractivity contribution in [3.63, 3.8) is 0 Å². The smallest absolute Gasteiger partial charge is 0.233 e. The van der Waals surface area contributed by atoms with Crippen molar-refractivity contribution in [3.8, 4) is 11.5 Å². The average molecular weight is 446 g/mol. The second-order valence-corrected chi connectivity index (χ2v) is 8.44. The van der Waals surface area contributed by atoms with Crippen LogP contribution in [0.15, 0.2) is 36.4 Å². The molecule has 0 spiro atoms. The zero-order valence-electron chi connectivity index (χ0n) is 17.1. The predicted molar refractivity (Wildman–Crippen MR) is 121 cm³/mol. The van der Waals surface area contributed by atoms with Gasteiger partial charge >= 0.3 is 0 Å². The van der Waals surface area contributed by atoms with Crippen molar-refractivity contribution in [2.45, 2.75) is 20.3 Å². The minimum Gasteiger partial charge on any atom is -0.454 e. The third-order valence-corrected chi connectivity index (χ3v) is 6.57. The molecule has 1 aromatic heterocycles. The first-order chi connectivity index (χ1) is 14.6. The Balaban J connectivity index is 1.60. The molecule has 2 aromatic carbocycles. The van der Waals surface area contributed by atoms with Gasteiger partial charge in [-0.3, -0.25) is 9.69 Å². The highest BCUT2D eigenvalue weighted by Gasteiger charge is 2.22. The molecule has 0 bridgehead atoms. The van der Waals surface area contributed by atoms with Crippen molar-refractivity contribution in [1.29, 1.82) is 0 Å². The molecule has 0 radical (unpaired) electrons. The van der Waals surface area contributed by atoms with Crippen LogP contribution in [0.1, 0.15) is 19.4 Å². The highest BCUT2D eigenvalue weighted by atomic mass is 35.5. The molecule has 0 N–H and O–H groups in total. The van der Waals surface area contributed by atoms with Crippen LogP contribution in [0.5, 0.6) is 11.5 Å². The fraction of sp³-hybridized carbons (Fsp3) is 0.364. The summed E-state index contributed by atoms with van der Waals surface area (Å²) in [5, 5.41) is 1.28. The zero-order valence-corrected chi connectivity index (χ0v) is 18.6. The van der Waals surface area contributed by atoms with E-state index in [-0.39, 0.29) is 19.1 Å². The summed E-state index contributed by atoms with van der Waals surface area (Å²) >= 11 is 7.81. The number of thiazole rings is 1. The monoisotopic (exact) mass is 445 g/mol. The number of fused-ring (bicyclic) bond motifs is 2. The van der Waals surface area contributed by atoms with E-state index in [1.165, 1.54) is 11.3 Å². The van der Waals surface area contributed by atoms with E-state index in [4.69, 9.17) is 26.1 Å². The number of anilines is 1. The van der Waals surface area contributed by atoms with E-state index >= 15 is 0 Å². The van der Waals surface area contributed by atoms with Crippen molar-refractivity contribution < 1.29 is 14.3 Å². The number of carbonyl (C=O) groups excluding carboxylic acids is 1. The molecule has 0 saturated heterocycles. The lowest BCUT2D eigenvalue weighted by atomic mass is 10.1. The lowest BCUT2D eigenvalue weighted by molar-refractivity contribution is -0.118. The summed E-state index contributed by atoms with van der Waals surface area (Å²) in [5.41, 5.74) is 1.62. The van der Waals surface area contributed by atoms with Crippen molar-refractivity contribution >= 4 is 44.2 Å². The zero-order chi connectivity index (χ0) is 21.1. The first kappa shape index (κ1) is 20.9. The molecule has 0 atom stereocenters. The Bertz CT molecular complexity index is 1050. The molecule has 0 unspecified atom stereocenters. The molecule has 1 aliphatic rings. The summed E-state index contributed by atoms with van der Waals surface area (Å²) in [7, 11) is 0. The Labute approximate surface area is 185 Å². The van der Waals surface area contributed by atoms with Gasteiger partial charge in [0.05, 0.1) is 16.1 Å². The molecule has 0 aliphatic carbocycles. The molecular formula is C22H24ClN3O3S. The van der Waals surface area contributed by atoms with Gasteiger partial charge in [0, 0.05) is 13.1 Å². The van der Waals surface area contributed by atoms with Gasteiger partial charge in [-0.05, 0) is 42.9 Å². The van der Waals surface area contributed by atoms with Gasteiger partial charge in [-0.1, -0.05) is 48.9 Å².